The summed E-state index contributed by atoms with van der Waals surface area (Å²) in [5.41, 5.74) is 2.57. The molecule has 5 heteroatoms. The van der Waals surface area contributed by atoms with E-state index in [2.05, 4.69) is 10.3 Å². The van der Waals surface area contributed by atoms with Crippen LogP contribution in [0.1, 0.15) is 11.1 Å². The molecule has 0 aliphatic carbocycles. The summed E-state index contributed by atoms with van der Waals surface area (Å²) in [5.74, 6) is -0.701. The Morgan fingerprint density at radius 2 is 1.81 bits per heavy atom. The van der Waals surface area contributed by atoms with E-state index in [0.29, 0.717) is 6.42 Å². The predicted molar refractivity (Wildman–Crippen MR) is 99.5 cm³/mol. The van der Waals surface area contributed by atoms with Gasteiger partial charge in [0.2, 0.25) is 5.91 Å². The van der Waals surface area contributed by atoms with Crippen molar-refractivity contribution in [1.29, 1.82) is 0 Å². The lowest BCUT2D eigenvalue weighted by atomic mass is 10.0. The standard InChI is InChI=1S/C21H20N2O3/c1-26-21(25)18(13-15-7-3-2-4-8-15)23-19(24)14-17-10-5-9-16-11-6-12-22-20(16)17/h2-12,18H,13-14H2,1H3,(H,23,24)/t18-/m0/s1. The molecule has 2 aromatic carbocycles. The third-order valence-electron chi connectivity index (χ3n) is 4.17. The molecule has 1 atom stereocenters. The first-order chi connectivity index (χ1) is 12.7. The fourth-order valence-corrected chi connectivity index (χ4v) is 2.91. The molecule has 3 rings (SSSR count). The second kappa shape index (κ2) is 8.25. The van der Waals surface area contributed by atoms with Crippen LogP contribution in [0.2, 0.25) is 0 Å². The van der Waals surface area contributed by atoms with E-state index in [0.717, 1.165) is 22.0 Å². The van der Waals surface area contributed by atoms with Crippen molar-refractivity contribution >= 4 is 22.8 Å². The Morgan fingerprint density at radius 3 is 2.58 bits per heavy atom. The summed E-state index contributed by atoms with van der Waals surface area (Å²) in [6.45, 7) is 0. The number of ether oxygens (including phenoxy) is 1. The molecule has 0 saturated carbocycles. The number of nitrogens with zero attached hydrogens (tertiary/aromatic N) is 1. The van der Waals surface area contributed by atoms with Gasteiger partial charge in [-0.05, 0) is 17.2 Å². The van der Waals surface area contributed by atoms with Crippen molar-refractivity contribution in [2.75, 3.05) is 7.11 Å². The van der Waals surface area contributed by atoms with E-state index in [1.807, 2.05) is 60.7 Å². The van der Waals surface area contributed by atoms with E-state index in [9.17, 15) is 9.59 Å². The van der Waals surface area contributed by atoms with E-state index in [-0.39, 0.29) is 12.3 Å². The average molecular weight is 348 g/mol. The predicted octanol–water partition coefficient (Wildman–Crippen LogP) is 2.68. The van der Waals surface area contributed by atoms with Gasteiger partial charge in [0.05, 0.1) is 19.0 Å². The summed E-state index contributed by atoms with van der Waals surface area (Å²) in [6, 6.07) is 18.3. The Labute approximate surface area is 152 Å². The number of benzene rings is 2. The van der Waals surface area contributed by atoms with Crippen molar-refractivity contribution < 1.29 is 14.3 Å². The molecule has 0 bridgehead atoms. The van der Waals surface area contributed by atoms with E-state index >= 15 is 0 Å². The first-order valence-electron chi connectivity index (χ1n) is 8.41. The molecule has 1 N–H and O–H groups in total. The summed E-state index contributed by atoms with van der Waals surface area (Å²) in [5, 5.41) is 3.77. The zero-order valence-corrected chi connectivity index (χ0v) is 14.5. The number of hydrogen-bond donors (Lipinski definition) is 1. The summed E-state index contributed by atoms with van der Waals surface area (Å²) < 4.78 is 4.84. The molecule has 26 heavy (non-hydrogen) atoms. The second-order valence-corrected chi connectivity index (χ2v) is 6.00. The third kappa shape index (κ3) is 4.25. The molecular weight excluding hydrogens is 328 g/mol. The van der Waals surface area contributed by atoms with Gasteiger partial charge in [-0.3, -0.25) is 9.78 Å². The SMILES string of the molecule is COC(=O)[C@H](Cc1ccccc1)NC(=O)Cc1cccc2cccnc12. The molecule has 1 heterocycles. The van der Waals surface area contributed by atoms with Crippen LogP contribution in [0.3, 0.4) is 0 Å². The van der Waals surface area contributed by atoms with Gasteiger partial charge < -0.3 is 10.1 Å². The van der Waals surface area contributed by atoms with Gasteiger partial charge in [0.15, 0.2) is 0 Å². The maximum Gasteiger partial charge on any atom is 0.328 e. The topological polar surface area (TPSA) is 68.3 Å². The Morgan fingerprint density at radius 1 is 1.04 bits per heavy atom. The second-order valence-electron chi connectivity index (χ2n) is 6.00. The van der Waals surface area contributed by atoms with Crippen molar-refractivity contribution in [3.8, 4) is 0 Å². The van der Waals surface area contributed by atoms with Crippen molar-refractivity contribution in [1.82, 2.24) is 10.3 Å². The number of carbonyl (C=O) groups is 2. The van der Waals surface area contributed by atoms with Crippen LogP contribution in [0.5, 0.6) is 0 Å². The molecule has 5 nitrogen and oxygen atoms in total. The van der Waals surface area contributed by atoms with Crippen LogP contribution in [-0.4, -0.2) is 30.0 Å². The first kappa shape index (κ1) is 17.6. The van der Waals surface area contributed by atoms with Crippen LogP contribution in [0.15, 0.2) is 66.9 Å². The van der Waals surface area contributed by atoms with Gasteiger partial charge in [0.25, 0.3) is 0 Å². The van der Waals surface area contributed by atoms with Crippen LogP contribution >= 0.6 is 0 Å². The average Bonchev–Trinajstić information content (AvgIpc) is 2.68. The fourth-order valence-electron chi connectivity index (χ4n) is 2.91. The van der Waals surface area contributed by atoms with Crippen LogP contribution in [-0.2, 0) is 27.2 Å². The summed E-state index contributed by atoms with van der Waals surface area (Å²) in [4.78, 5) is 29.0. The van der Waals surface area contributed by atoms with E-state index in [4.69, 9.17) is 4.74 Å². The molecule has 132 valence electrons. The van der Waals surface area contributed by atoms with Crippen molar-refractivity contribution in [2.24, 2.45) is 0 Å². The Hall–Kier alpha value is -3.21. The van der Waals surface area contributed by atoms with E-state index < -0.39 is 12.0 Å². The number of fused-ring (bicyclic) bond motifs is 1. The lowest BCUT2D eigenvalue weighted by molar-refractivity contribution is -0.145. The van der Waals surface area contributed by atoms with Gasteiger partial charge in [0, 0.05) is 18.0 Å². The molecule has 0 unspecified atom stereocenters. The van der Waals surface area contributed by atoms with E-state index in [1.54, 1.807) is 6.20 Å². The normalized spacial score (nSPS) is 11.7. The first-order valence-corrected chi connectivity index (χ1v) is 8.41. The number of rotatable bonds is 6. The van der Waals surface area contributed by atoms with Crippen molar-refractivity contribution in [2.45, 2.75) is 18.9 Å². The number of hydrogen-bond acceptors (Lipinski definition) is 4. The highest BCUT2D eigenvalue weighted by atomic mass is 16.5. The molecule has 0 spiro atoms. The Kier molecular flexibility index (Phi) is 5.59. The van der Waals surface area contributed by atoms with Gasteiger partial charge >= 0.3 is 5.97 Å². The summed E-state index contributed by atoms with van der Waals surface area (Å²) >= 11 is 0. The summed E-state index contributed by atoms with van der Waals surface area (Å²) in [7, 11) is 1.32. The highest BCUT2D eigenvalue weighted by molar-refractivity contribution is 5.90. The maximum absolute atomic E-state index is 12.5. The van der Waals surface area contributed by atoms with Crippen LogP contribution in [0.4, 0.5) is 0 Å². The molecule has 0 radical (unpaired) electrons. The van der Waals surface area contributed by atoms with Gasteiger partial charge in [-0.1, -0.05) is 54.6 Å². The molecular formula is C21H20N2O3. The molecule has 3 aromatic rings. The molecule has 0 aliphatic heterocycles. The zero-order chi connectivity index (χ0) is 18.4. The largest absolute Gasteiger partial charge is 0.467 e. The minimum absolute atomic E-state index is 0.149. The highest BCUT2D eigenvalue weighted by Crippen LogP contribution is 2.16. The zero-order valence-electron chi connectivity index (χ0n) is 14.5. The van der Waals surface area contributed by atoms with Gasteiger partial charge in [-0.25, -0.2) is 4.79 Å². The van der Waals surface area contributed by atoms with Gasteiger partial charge in [-0.15, -0.1) is 0 Å². The molecule has 0 saturated heterocycles. The summed E-state index contributed by atoms with van der Waals surface area (Å²) in [6.07, 6.45) is 2.24. The fraction of sp³-hybridized carbons (Fsp3) is 0.190. The quantitative estimate of drug-likeness (QED) is 0.696. The molecule has 1 aromatic heterocycles. The Bertz CT molecular complexity index is 904. The smallest absolute Gasteiger partial charge is 0.328 e. The van der Waals surface area contributed by atoms with E-state index in [1.165, 1.54) is 7.11 Å². The van der Waals surface area contributed by atoms with Crippen molar-refractivity contribution in [3.63, 3.8) is 0 Å². The Balaban J connectivity index is 1.74. The number of nitrogens with one attached hydrogen (secondary N) is 1. The minimum atomic E-state index is -0.724. The maximum atomic E-state index is 12.5. The minimum Gasteiger partial charge on any atom is -0.467 e. The van der Waals surface area contributed by atoms with Gasteiger partial charge in [0.1, 0.15) is 6.04 Å². The van der Waals surface area contributed by atoms with Crippen molar-refractivity contribution in [3.05, 3.63) is 78.0 Å². The third-order valence-corrected chi connectivity index (χ3v) is 4.17. The lowest BCUT2D eigenvalue weighted by Crippen LogP contribution is -2.43. The molecule has 0 fully saturated rings. The number of para-hydroxylation sites is 1. The van der Waals surface area contributed by atoms with Crippen LogP contribution in [0.25, 0.3) is 10.9 Å². The number of esters is 1. The monoisotopic (exact) mass is 348 g/mol. The molecule has 0 aliphatic rings. The van der Waals surface area contributed by atoms with Crippen LogP contribution in [0, 0.1) is 0 Å². The number of pyridine rings is 1. The number of aromatic nitrogens is 1. The number of amides is 1. The highest BCUT2D eigenvalue weighted by Gasteiger charge is 2.22. The van der Waals surface area contributed by atoms with Crippen LogP contribution < -0.4 is 5.32 Å². The molecule has 1 amide bonds. The number of methoxy groups -OCH3 is 1. The lowest BCUT2D eigenvalue weighted by Gasteiger charge is -2.17. The van der Waals surface area contributed by atoms with Gasteiger partial charge in [-0.2, -0.15) is 0 Å². The number of carbonyl (C=O) groups excluding carboxylic acids is 2.